The standard InChI is InChI=1S/C16H20N4/c1-2-3-12-4-6-13(7-5-12)20-16-14-10-17-9-8-15(14)18-11-19-16/h4-7,11,17H,2-3,8-10H2,1H3,(H,18,19,20). The molecule has 4 heteroatoms. The van der Waals surface area contributed by atoms with E-state index in [1.54, 1.807) is 6.33 Å². The lowest BCUT2D eigenvalue weighted by molar-refractivity contribution is 0.628. The lowest BCUT2D eigenvalue weighted by Crippen LogP contribution is -2.25. The van der Waals surface area contributed by atoms with Crippen molar-refractivity contribution in [2.45, 2.75) is 32.7 Å². The van der Waals surface area contributed by atoms with Crippen LogP contribution < -0.4 is 10.6 Å². The van der Waals surface area contributed by atoms with Gasteiger partial charge in [-0.2, -0.15) is 0 Å². The van der Waals surface area contributed by atoms with E-state index in [2.05, 4.69) is 51.8 Å². The number of fused-ring (bicyclic) bond motifs is 1. The minimum Gasteiger partial charge on any atom is -0.340 e. The zero-order chi connectivity index (χ0) is 13.8. The third-order valence-electron chi connectivity index (χ3n) is 3.63. The molecule has 1 aromatic carbocycles. The van der Waals surface area contributed by atoms with Crippen molar-refractivity contribution in [1.82, 2.24) is 15.3 Å². The van der Waals surface area contributed by atoms with Crippen LogP contribution in [0.15, 0.2) is 30.6 Å². The molecule has 0 spiro atoms. The molecule has 0 amide bonds. The summed E-state index contributed by atoms with van der Waals surface area (Å²) in [4.78, 5) is 8.75. The normalized spacial score (nSPS) is 13.8. The van der Waals surface area contributed by atoms with Crippen LogP contribution in [0.1, 0.15) is 30.2 Å². The third kappa shape index (κ3) is 2.80. The monoisotopic (exact) mass is 268 g/mol. The van der Waals surface area contributed by atoms with Gasteiger partial charge < -0.3 is 10.6 Å². The van der Waals surface area contributed by atoms with Crippen molar-refractivity contribution in [3.63, 3.8) is 0 Å². The Labute approximate surface area is 119 Å². The predicted octanol–water partition coefficient (Wildman–Crippen LogP) is 2.82. The average Bonchev–Trinajstić information content (AvgIpc) is 2.50. The summed E-state index contributed by atoms with van der Waals surface area (Å²) in [5, 5.41) is 6.78. The second kappa shape index (κ2) is 6.01. The lowest BCUT2D eigenvalue weighted by atomic mass is 10.1. The van der Waals surface area contributed by atoms with Crippen LogP contribution in [0.25, 0.3) is 0 Å². The van der Waals surface area contributed by atoms with E-state index in [-0.39, 0.29) is 0 Å². The first-order valence-electron chi connectivity index (χ1n) is 7.26. The van der Waals surface area contributed by atoms with Crippen LogP contribution in [-0.2, 0) is 19.4 Å². The quantitative estimate of drug-likeness (QED) is 0.895. The molecule has 2 heterocycles. The summed E-state index contributed by atoms with van der Waals surface area (Å²) in [6.45, 7) is 4.04. The first kappa shape index (κ1) is 13.1. The van der Waals surface area contributed by atoms with Gasteiger partial charge in [-0.25, -0.2) is 9.97 Å². The van der Waals surface area contributed by atoms with Gasteiger partial charge in [0.15, 0.2) is 0 Å². The molecule has 0 unspecified atom stereocenters. The molecule has 1 aromatic heterocycles. The summed E-state index contributed by atoms with van der Waals surface area (Å²) in [6, 6.07) is 8.60. The van der Waals surface area contributed by atoms with E-state index in [9.17, 15) is 0 Å². The molecule has 2 aromatic rings. The van der Waals surface area contributed by atoms with Crippen molar-refractivity contribution in [2.24, 2.45) is 0 Å². The van der Waals surface area contributed by atoms with E-state index in [4.69, 9.17) is 0 Å². The Balaban J connectivity index is 1.80. The third-order valence-corrected chi connectivity index (χ3v) is 3.63. The van der Waals surface area contributed by atoms with E-state index in [1.807, 2.05) is 0 Å². The molecule has 0 aliphatic carbocycles. The van der Waals surface area contributed by atoms with E-state index in [1.165, 1.54) is 17.5 Å². The Morgan fingerprint density at radius 1 is 1.20 bits per heavy atom. The van der Waals surface area contributed by atoms with Gasteiger partial charge in [-0.05, 0) is 24.1 Å². The number of benzene rings is 1. The van der Waals surface area contributed by atoms with Crippen molar-refractivity contribution >= 4 is 11.5 Å². The molecule has 1 aliphatic rings. The molecule has 0 atom stereocenters. The topological polar surface area (TPSA) is 49.8 Å². The maximum absolute atomic E-state index is 4.38. The van der Waals surface area contributed by atoms with Crippen molar-refractivity contribution in [1.29, 1.82) is 0 Å². The van der Waals surface area contributed by atoms with Crippen molar-refractivity contribution < 1.29 is 0 Å². The molecule has 0 bridgehead atoms. The zero-order valence-electron chi connectivity index (χ0n) is 11.8. The Hall–Kier alpha value is -1.94. The average molecular weight is 268 g/mol. The molecule has 0 fully saturated rings. The summed E-state index contributed by atoms with van der Waals surface area (Å²) < 4.78 is 0. The van der Waals surface area contributed by atoms with Gasteiger partial charge in [-0.3, -0.25) is 0 Å². The zero-order valence-corrected chi connectivity index (χ0v) is 11.8. The predicted molar refractivity (Wildman–Crippen MR) is 81.2 cm³/mol. The molecule has 2 N–H and O–H groups in total. The summed E-state index contributed by atoms with van der Waals surface area (Å²) in [5.74, 6) is 0.922. The Kier molecular flexibility index (Phi) is 3.92. The number of nitrogens with one attached hydrogen (secondary N) is 2. The highest BCUT2D eigenvalue weighted by Crippen LogP contribution is 2.22. The summed E-state index contributed by atoms with van der Waals surface area (Å²) >= 11 is 0. The van der Waals surface area contributed by atoms with Gasteiger partial charge in [-0.1, -0.05) is 25.5 Å². The van der Waals surface area contributed by atoms with Gasteiger partial charge in [0, 0.05) is 30.8 Å². The van der Waals surface area contributed by atoms with Gasteiger partial charge >= 0.3 is 0 Å². The van der Waals surface area contributed by atoms with Gasteiger partial charge in [0.25, 0.3) is 0 Å². The minimum atomic E-state index is 0.840. The summed E-state index contributed by atoms with van der Waals surface area (Å²) in [7, 11) is 0. The number of rotatable bonds is 4. The second-order valence-corrected chi connectivity index (χ2v) is 5.15. The Morgan fingerprint density at radius 3 is 2.85 bits per heavy atom. The fourth-order valence-electron chi connectivity index (χ4n) is 2.56. The smallest absolute Gasteiger partial charge is 0.138 e. The van der Waals surface area contributed by atoms with E-state index >= 15 is 0 Å². The highest BCUT2D eigenvalue weighted by molar-refractivity contribution is 5.60. The van der Waals surface area contributed by atoms with Crippen LogP contribution in [0.4, 0.5) is 11.5 Å². The molecule has 0 radical (unpaired) electrons. The molecule has 1 aliphatic heterocycles. The number of nitrogens with zero attached hydrogens (tertiary/aromatic N) is 2. The number of hydrogen-bond acceptors (Lipinski definition) is 4. The minimum absolute atomic E-state index is 0.840. The van der Waals surface area contributed by atoms with Crippen LogP contribution in [0, 0.1) is 0 Å². The van der Waals surface area contributed by atoms with Gasteiger partial charge in [0.05, 0.1) is 5.69 Å². The van der Waals surface area contributed by atoms with Gasteiger partial charge in [0.2, 0.25) is 0 Å². The maximum atomic E-state index is 4.38. The van der Waals surface area contributed by atoms with Crippen LogP contribution >= 0.6 is 0 Å². The highest BCUT2D eigenvalue weighted by atomic mass is 15.0. The fourth-order valence-corrected chi connectivity index (χ4v) is 2.56. The second-order valence-electron chi connectivity index (χ2n) is 5.15. The van der Waals surface area contributed by atoms with Gasteiger partial charge in [-0.15, -0.1) is 0 Å². The first-order valence-corrected chi connectivity index (χ1v) is 7.26. The number of anilines is 2. The lowest BCUT2D eigenvalue weighted by Gasteiger charge is -2.19. The molecule has 104 valence electrons. The molecule has 4 nitrogen and oxygen atoms in total. The number of hydrogen-bond donors (Lipinski definition) is 2. The highest BCUT2D eigenvalue weighted by Gasteiger charge is 2.14. The van der Waals surface area contributed by atoms with Crippen LogP contribution in [0.3, 0.4) is 0 Å². The van der Waals surface area contributed by atoms with Crippen molar-refractivity contribution in [3.8, 4) is 0 Å². The van der Waals surface area contributed by atoms with Gasteiger partial charge in [0.1, 0.15) is 12.1 Å². The van der Waals surface area contributed by atoms with Crippen LogP contribution in [0.5, 0.6) is 0 Å². The largest absolute Gasteiger partial charge is 0.340 e. The van der Waals surface area contributed by atoms with E-state index in [0.29, 0.717) is 0 Å². The van der Waals surface area contributed by atoms with Crippen molar-refractivity contribution in [2.75, 3.05) is 11.9 Å². The molecular weight excluding hydrogens is 248 g/mol. The SMILES string of the molecule is CCCc1ccc(Nc2ncnc3c2CNCC3)cc1. The molecule has 3 rings (SSSR count). The van der Waals surface area contributed by atoms with E-state index in [0.717, 1.165) is 43.1 Å². The number of aromatic nitrogens is 2. The first-order chi connectivity index (χ1) is 9.86. The molecule has 0 saturated carbocycles. The fraction of sp³-hybridized carbons (Fsp3) is 0.375. The Bertz CT molecular complexity index is 578. The number of aryl methyl sites for hydroxylation is 1. The summed E-state index contributed by atoms with van der Waals surface area (Å²) in [6.07, 6.45) is 4.94. The maximum Gasteiger partial charge on any atom is 0.138 e. The van der Waals surface area contributed by atoms with Crippen molar-refractivity contribution in [3.05, 3.63) is 47.4 Å². The van der Waals surface area contributed by atoms with Crippen LogP contribution in [-0.4, -0.2) is 16.5 Å². The molecule has 0 saturated heterocycles. The molecular formula is C16H20N4. The molecule has 20 heavy (non-hydrogen) atoms. The van der Waals surface area contributed by atoms with E-state index < -0.39 is 0 Å². The summed E-state index contributed by atoms with van der Waals surface area (Å²) in [5.41, 5.74) is 4.81. The Morgan fingerprint density at radius 2 is 2.05 bits per heavy atom. The van der Waals surface area contributed by atoms with Crippen LogP contribution in [0.2, 0.25) is 0 Å².